The van der Waals surface area contributed by atoms with Crippen LogP contribution in [0.4, 0.5) is 0 Å². The summed E-state index contributed by atoms with van der Waals surface area (Å²) in [5.74, 6) is 0. The van der Waals surface area contributed by atoms with Gasteiger partial charge in [-0.25, -0.2) is 0 Å². The molecule has 2 rings (SSSR count). The third-order valence-electron chi connectivity index (χ3n) is 5.61. The van der Waals surface area contributed by atoms with Gasteiger partial charge in [-0.1, -0.05) is 0 Å². The molecule has 0 saturated carbocycles. The normalized spacial score (nSPS) is 16.5. The summed E-state index contributed by atoms with van der Waals surface area (Å²) in [7, 11) is 0. The molecule has 0 unspecified atom stereocenters. The Morgan fingerprint density at radius 2 is 1.21 bits per heavy atom. The fourth-order valence-electron chi connectivity index (χ4n) is 6.00. The van der Waals surface area contributed by atoms with Crippen LogP contribution in [0.1, 0.15) is 62.3 Å². The summed E-state index contributed by atoms with van der Waals surface area (Å²) in [6, 6.07) is 11.0. The number of hydrogen-bond donors (Lipinski definition) is 0. The van der Waals surface area contributed by atoms with Crippen LogP contribution in [-0.2, 0) is 0 Å². The van der Waals surface area contributed by atoms with E-state index >= 15 is 0 Å². The Kier molecular flexibility index (Phi) is 5.83. The summed E-state index contributed by atoms with van der Waals surface area (Å²) in [5, 5.41) is 0. The first kappa shape index (κ1) is 20.6. The van der Waals surface area contributed by atoms with Crippen molar-refractivity contribution in [2.45, 2.75) is 72.6 Å². The van der Waals surface area contributed by atoms with E-state index in [2.05, 4.69) is 103 Å². The quantitative estimate of drug-likeness (QED) is 0.425. The van der Waals surface area contributed by atoms with Crippen LogP contribution in [0.2, 0.25) is 10.3 Å². The molecular weight excluding hydrogens is 500 g/mol. The number of benzene rings is 1. The Morgan fingerprint density at radius 1 is 0.750 bits per heavy atom. The first-order valence-corrected chi connectivity index (χ1v) is 19.9. The first-order valence-electron chi connectivity index (χ1n) is 9.14. The second-order valence-electron chi connectivity index (χ2n) is 10.2. The maximum absolute atomic E-state index is 5.54. The second kappa shape index (κ2) is 6.79. The molecule has 1 aliphatic rings. The van der Waals surface area contributed by atoms with Gasteiger partial charge in [-0.2, -0.15) is 0 Å². The van der Waals surface area contributed by atoms with Gasteiger partial charge in [0.15, 0.2) is 0 Å². The molecule has 0 saturated heterocycles. The van der Waals surface area contributed by atoms with Crippen LogP contribution in [0, 0.1) is 0 Å². The molecule has 3 heteroatoms. The van der Waals surface area contributed by atoms with E-state index < -0.39 is 40.1 Å². The van der Waals surface area contributed by atoms with Crippen LogP contribution < -0.4 is 3.32 Å². The average molecular weight is 534 g/mol. The first-order chi connectivity index (χ1) is 10.8. The molecule has 1 aromatic carbocycles. The molecule has 1 aliphatic heterocycles. The van der Waals surface area contributed by atoms with Gasteiger partial charge in [-0.15, -0.1) is 0 Å². The minimum absolute atomic E-state index is 0.339. The summed E-state index contributed by atoms with van der Waals surface area (Å²) in [4.78, 5) is 0. The van der Waals surface area contributed by atoms with Gasteiger partial charge in [0.25, 0.3) is 0 Å². The molecule has 0 fully saturated rings. The molecule has 0 aromatic heterocycles. The average Bonchev–Trinajstić information content (AvgIpc) is 2.84. The number of rotatable bonds is 2. The molecule has 0 amide bonds. The molecule has 24 heavy (non-hydrogen) atoms. The van der Waals surface area contributed by atoms with Crippen molar-refractivity contribution in [3.8, 4) is 0 Å². The van der Waals surface area contributed by atoms with Gasteiger partial charge in [0.1, 0.15) is 0 Å². The molecule has 1 aromatic rings. The van der Waals surface area contributed by atoms with Crippen LogP contribution in [-0.4, -0.2) is 43.8 Å². The Balaban J connectivity index is 2.65. The zero-order valence-electron chi connectivity index (χ0n) is 17.1. The van der Waals surface area contributed by atoms with Crippen LogP contribution in [0.15, 0.2) is 43.2 Å². The van der Waals surface area contributed by atoms with Gasteiger partial charge in [-0.05, 0) is 0 Å². The van der Waals surface area contributed by atoms with Gasteiger partial charge in [0.05, 0.1) is 0 Å². The maximum atomic E-state index is 5.54. The van der Waals surface area contributed by atoms with Crippen LogP contribution >= 0.6 is 0 Å². The predicted octanol–water partition coefficient (Wildman–Crippen LogP) is 5.82. The van der Waals surface area contributed by atoms with Crippen LogP contribution in [0.25, 0.3) is 0 Å². The molecule has 1 nitrogen and oxygen atoms in total. The fraction of sp³-hybridized carbons (Fsp3) is 0.571. The number of nitrogens with zero attached hydrogens (tertiary/aromatic N) is 1. The molecule has 0 bridgehead atoms. The predicted molar refractivity (Wildman–Crippen MR) is 113 cm³/mol. The Hall–Kier alpha value is 0.299. The van der Waals surface area contributed by atoms with Crippen molar-refractivity contribution in [3.05, 3.63) is 40.2 Å². The Morgan fingerprint density at radius 3 is 1.62 bits per heavy atom. The second-order valence-corrected chi connectivity index (χ2v) is 35.1. The van der Waals surface area contributed by atoms with Crippen molar-refractivity contribution in [1.29, 1.82) is 0 Å². The molecule has 130 valence electrons. The fourth-order valence-corrected chi connectivity index (χ4v) is 46.5. The summed E-state index contributed by atoms with van der Waals surface area (Å²) in [5.41, 5.74) is 0. The van der Waals surface area contributed by atoms with Gasteiger partial charge >= 0.3 is 163 Å². The number of hydrogen-bond acceptors (Lipinski definition) is 1. The van der Waals surface area contributed by atoms with E-state index in [0.717, 1.165) is 0 Å². The summed E-state index contributed by atoms with van der Waals surface area (Å²) < 4.78 is 12.2. The Labute approximate surface area is 161 Å². The third-order valence-corrected chi connectivity index (χ3v) is 36.2. The SMILES string of the molecule is C[C](C)(C)[Sn]([C]1=[N][In]([c]2ccccc2)[CH]=C1)([C](C)(C)C)[C](C)(C)C. The van der Waals surface area contributed by atoms with E-state index in [9.17, 15) is 0 Å². The molecule has 0 radical (unpaired) electrons. The molecular formula is C21H34InNSn. The topological polar surface area (TPSA) is 12.4 Å². The third kappa shape index (κ3) is 3.43. The van der Waals surface area contributed by atoms with E-state index in [0.29, 0.717) is 10.3 Å². The summed E-state index contributed by atoms with van der Waals surface area (Å²) in [6.45, 7) is 22.4. The monoisotopic (exact) mass is 535 g/mol. The van der Waals surface area contributed by atoms with Crippen LogP contribution in [0.5, 0.6) is 0 Å². The molecule has 0 N–H and O–H groups in total. The summed E-state index contributed by atoms with van der Waals surface area (Å²) in [6.07, 6.45) is 2.48. The van der Waals surface area contributed by atoms with E-state index in [-0.39, 0.29) is 0 Å². The van der Waals surface area contributed by atoms with Crippen LogP contribution in [0.3, 0.4) is 0 Å². The van der Waals surface area contributed by atoms with E-state index in [1.807, 2.05) is 0 Å². The molecule has 1 heterocycles. The van der Waals surface area contributed by atoms with Gasteiger partial charge in [0, 0.05) is 0 Å². The zero-order valence-corrected chi connectivity index (χ0v) is 23.2. The summed E-state index contributed by atoms with van der Waals surface area (Å²) >= 11 is -5.07. The Bertz CT molecular complexity index is 603. The molecule has 0 atom stereocenters. The standard InChI is InChI=1S/C6H5.3C4H9.C3H2N.In.Sn/c1-2-4-6-5-3-1;3*1-4(2)3;1-2-3-4;;/h1-5H;3*1-3H3;1-2H;;/q;;;;-1;+1;. The van der Waals surface area contributed by atoms with Crippen molar-refractivity contribution < 1.29 is 0 Å². The van der Waals surface area contributed by atoms with Gasteiger partial charge < -0.3 is 0 Å². The van der Waals surface area contributed by atoms with Gasteiger partial charge in [0.2, 0.25) is 0 Å². The zero-order chi connectivity index (χ0) is 18.4. The molecule has 0 spiro atoms. The van der Waals surface area contributed by atoms with Gasteiger partial charge in [-0.3, -0.25) is 0 Å². The van der Waals surface area contributed by atoms with Crippen molar-refractivity contribution in [3.63, 3.8) is 0 Å². The van der Waals surface area contributed by atoms with Crippen molar-refractivity contribution in [2.24, 2.45) is 2.98 Å². The number of allylic oxidation sites excluding steroid dienone is 1. The van der Waals surface area contributed by atoms with Crippen molar-refractivity contribution >= 4 is 47.1 Å². The van der Waals surface area contributed by atoms with E-state index in [1.54, 1.807) is 3.73 Å². The van der Waals surface area contributed by atoms with Crippen molar-refractivity contribution in [2.75, 3.05) is 0 Å². The van der Waals surface area contributed by atoms with Crippen molar-refractivity contribution in [1.82, 2.24) is 0 Å². The van der Waals surface area contributed by atoms with E-state index in [4.69, 9.17) is 2.98 Å². The molecule has 0 aliphatic carbocycles. The minimum atomic E-state index is -2.92. The van der Waals surface area contributed by atoms with E-state index in [1.165, 1.54) is 3.32 Å².